The standard InChI is InChI=1S/C30H34N8O/c1-21-5-4-11-37(17-21)18-23-13-26(27-32-10-12-38(27)19-23)28(39)34-25-7-3-6-24(14-25)30(15-22(16-30)8-9-31)29-35-33-20-36(29)2/h3,6-7,10,12-14,19-22H,4-5,8,11,15-18H2,1-2H3,(H,34,39)/t21-,22?,30?/m0/s1. The Balaban J connectivity index is 1.27. The fourth-order valence-electron chi connectivity index (χ4n) is 6.59. The fraction of sp³-hybridized carbons (Fsp3) is 0.433. The summed E-state index contributed by atoms with van der Waals surface area (Å²) in [5.41, 5.74) is 3.79. The summed E-state index contributed by atoms with van der Waals surface area (Å²) >= 11 is 0. The second kappa shape index (κ2) is 10.3. The maximum Gasteiger partial charge on any atom is 0.259 e. The summed E-state index contributed by atoms with van der Waals surface area (Å²) in [5.74, 6) is 1.73. The molecule has 0 bridgehead atoms. The van der Waals surface area contributed by atoms with E-state index in [1.165, 1.54) is 12.8 Å². The van der Waals surface area contributed by atoms with Crippen LogP contribution in [0, 0.1) is 23.2 Å². The van der Waals surface area contributed by atoms with E-state index in [1.807, 2.05) is 46.5 Å². The number of hydrogen-bond donors (Lipinski definition) is 1. The lowest BCUT2D eigenvalue weighted by Gasteiger charge is -2.46. The van der Waals surface area contributed by atoms with Gasteiger partial charge in [0.25, 0.3) is 5.91 Å². The molecule has 39 heavy (non-hydrogen) atoms. The molecule has 1 saturated carbocycles. The Morgan fingerprint density at radius 2 is 2.15 bits per heavy atom. The number of nitrogens with one attached hydrogen (secondary N) is 1. The smallest absolute Gasteiger partial charge is 0.259 e. The maximum absolute atomic E-state index is 13.6. The molecule has 9 nitrogen and oxygen atoms in total. The van der Waals surface area contributed by atoms with Gasteiger partial charge < -0.3 is 14.3 Å². The van der Waals surface area contributed by atoms with Crippen molar-refractivity contribution in [1.29, 1.82) is 5.26 Å². The Morgan fingerprint density at radius 3 is 2.92 bits per heavy atom. The van der Waals surface area contributed by atoms with E-state index in [0.29, 0.717) is 29.5 Å². The summed E-state index contributed by atoms with van der Waals surface area (Å²) in [7, 11) is 1.95. The molecule has 2 fully saturated rings. The van der Waals surface area contributed by atoms with Gasteiger partial charge >= 0.3 is 0 Å². The summed E-state index contributed by atoms with van der Waals surface area (Å²) < 4.78 is 3.90. The first-order chi connectivity index (χ1) is 18.9. The number of pyridine rings is 1. The Morgan fingerprint density at radius 1 is 1.28 bits per heavy atom. The van der Waals surface area contributed by atoms with Crippen LogP contribution in [-0.4, -0.2) is 48.0 Å². The van der Waals surface area contributed by atoms with Crippen molar-refractivity contribution in [1.82, 2.24) is 29.0 Å². The van der Waals surface area contributed by atoms with Gasteiger partial charge in [-0.3, -0.25) is 9.69 Å². The topological polar surface area (TPSA) is 104 Å². The number of carbonyl (C=O) groups excluding carboxylic acids is 1. The molecule has 0 radical (unpaired) electrons. The van der Waals surface area contributed by atoms with E-state index < -0.39 is 0 Å². The van der Waals surface area contributed by atoms with Gasteiger partial charge in [-0.15, -0.1) is 10.2 Å². The summed E-state index contributed by atoms with van der Waals surface area (Å²) in [6.07, 6.45) is 12.1. The van der Waals surface area contributed by atoms with Crippen LogP contribution >= 0.6 is 0 Å². The predicted molar refractivity (Wildman–Crippen MR) is 148 cm³/mol. The molecule has 1 atom stereocenters. The number of imidazole rings is 1. The predicted octanol–water partition coefficient (Wildman–Crippen LogP) is 4.56. The first kappa shape index (κ1) is 25.3. The van der Waals surface area contributed by atoms with Crippen molar-refractivity contribution in [2.24, 2.45) is 18.9 Å². The Labute approximate surface area is 228 Å². The average Bonchev–Trinajstić information content (AvgIpc) is 3.55. The van der Waals surface area contributed by atoms with Crippen LogP contribution in [-0.2, 0) is 19.0 Å². The molecular weight excluding hydrogens is 488 g/mol. The van der Waals surface area contributed by atoms with Gasteiger partial charge in [-0.05, 0) is 73.4 Å². The molecule has 1 aliphatic heterocycles. The number of benzene rings is 1. The lowest BCUT2D eigenvalue weighted by Crippen LogP contribution is -2.44. The van der Waals surface area contributed by atoms with Gasteiger partial charge in [0.05, 0.1) is 17.0 Å². The van der Waals surface area contributed by atoms with Crippen LogP contribution in [0.3, 0.4) is 0 Å². The molecule has 4 aromatic rings. The first-order valence-electron chi connectivity index (χ1n) is 13.8. The number of anilines is 1. The highest BCUT2D eigenvalue weighted by atomic mass is 16.1. The zero-order valence-corrected chi connectivity index (χ0v) is 22.5. The molecule has 4 heterocycles. The minimum atomic E-state index is -0.324. The number of hydrogen-bond acceptors (Lipinski definition) is 6. The number of fused-ring (bicyclic) bond motifs is 1. The zero-order valence-electron chi connectivity index (χ0n) is 22.5. The van der Waals surface area contributed by atoms with Crippen molar-refractivity contribution in [2.75, 3.05) is 18.4 Å². The molecule has 0 spiro atoms. The van der Waals surface area contributed by atoms with Gasteiger partial charge in [0.1, 0.15) is 17.8 Å². The van der Waals surface area contributed by atoms with Crippen LogP contribution in [0.5, 0.6) is 0 Å². The number of rotatable bonds is 7. The molecule has 3 aromatic heterocycles. The molecule has 1 aromatic carbocycles. The van der Waals surface area contributed by atoms with Gasteiger partial charge in [0.2, 0.25) is 0 Å². The fourth-order valence-corrected chi connectivity index (χ4v) is 6.59. The average molecular weight is 523 g/mol. The minimum Gasteiger partial charge on any atom is -0.322 e. The number of likely N-dealkylation sites (tertiary alicyclic amines) is 1. The number of nitriles is 1. The second-order valence-electron chi connectivity index (χ2n) is 11.4. The van der Waals surface area contributed by atoms with Gasteiger partial charge in [-0.2, -0.15) is 5.26 Å². The highest BCUT2D eigenvalue weighted by Gasteiger charge is 2.49. The number of piperidine rings is 1. The van der Waals surface area contributed by atoms with Gasteiger partial charge in [-0.1, -0.05) is 19.1 Å². The molecule has 1 amide bonds. The number of aryl methyl sites for hydroxylation is 1. The second-order valence-corrected chi connectivity index (χ2v) is 11.4. The maximum atomic E-state index is 13.6. The Bertz CT molecular complexity index is 1540. The number of amides is 1. The van der Waals surface area contributed by atoms with E-state index >= 15 is 0 Å². The number of nitrogens with zero attached hydrogens (tertiary/aromatic N) is 7. The van der Waals surface area contributed by atoms with E-state index in [4.69, 9.17) is 0 Å². The third-order valence-corrected chi connectivity index (χ3v) is 8.40. The van der Waals surface area contributed by atoms with Crippen molar-refractivity contribution < 1.29 is 4.79 Å². The van der Waals surface area contributed by atoms with Crippen LogP contribution in [0.2, 0.25) is 0 Å². The molecule has 0 unspecified atom stereocenters. The first-order valence-corrected chi connectivity index (χ1v) is 13.8. The van der Waals surface area contributed by atoms with Crippen molar-refractivity contribution in [3.63, 3.8) is 0 Å². The van der Waals surface area contributed by atoms with Crippen LogP contribution in [0.15, 0.2) is 55.2 Å². The summed E-state index contributed by atoms with van der Waals surface area (Å²) in [5, 5.41) is 20.9. The lowest BCUT2D eigenvalue weighted by molar-refractivity contribution is 0.102. The third-order valence-electron chi connectivity index (χ3n) is 8.40. The van der Waals surface area contributed by atoms with Crippen LogP contribution in [0.1, 0.15) is 66.3 Å². The molecule has 1 N–H and O–H groups in total. The van der Waals surface area contributed by atoms with Crippen LogP contribution < -0.4 is 5.32 Å². The van der Waals surface area contributed by atoms with E-state index in [1.54, 1.807) is 12.5 Å². The highest BCUT2D eigenvalue weighted by molar-refractivity contribution is 6.08. The summed E-state index contributed by atoms with van der Waals surface area (Å²) in [6, 6.07) is 12.3. The molecule has 9 heteroatoms. The lowest BCUT2D eigenvalue weighted by atomic mass is 9.57. The quantitative estimate of drug-likeness (QED) is 0.382. The van der Waals surface area contributed by atoms with E-state index in [0.717, 1.165) is 55.1 Å². The molecule has 200 valence electrons. The third kappa shape index (κ3) is 4.81. The van der Waals surface area contributed by atoms with Crippen LogP contribution in [0.25, 0.3) is 5.65 Å². The molecule has 6 rings (SSSR count). The normalized spacial score (nSPS) is 23.3. The highest BCUT2D eigenvalue weighted by Crippen LogP contribution is 2.53. The van der Waals surface area contributed by atoms with E-state index in [-0.39, 0.29) is 11.3 Å². The minimum absolute atomic E-state index is 0.180. The monoisotopic (exact) mass is 522 g/mol. The Hall–Kier alpha value is -4.03. The number of aromatic nitrogens is 5. The Kier molecular flexibility index (Phi) is 6.65. The molecule has 1 saturated heterocycles. The molecular formula is C30H34N8O. The summed E-state index contributed by atoms with van der Waals surface area (Å²) in [6.45, 7) is 5.29. The van der Waals surface area contributed by atoms with Crippen molar-refractivity contribution in [3.8, 4) is 6.07 Å². The van der Waals surface area contributed by atoms with Crippen molar-refractivity contribution in [2.45, 2.75) is 51.0 Å². The summed E-state index contributed by atoms with van der Waals surface area (Å²) in [4.78, 5) is 20.6. The van der Waals surface area contributed by atoms with E-state index in [9.17, 15) is 10.1 Å². The van der Waals surface area contributed by atoms with Gasteiger partial charge in [0, 0.05) is 50.8 Å². The largest absolute Gasteiger partial charge is 0.322 e. The van der Waals surface area contributed by atoms with Gasteiger partial charge in [0.15, 0.2) is 0 Å². The van der Waals surface area contributed by atoms with Crippen molar-refractivity contribution >= 4 is 17.2 Å². The van der Waals surface area contributed by atoms with Crippen molar-refractivity contribution in [3.05, 3.63) is 77.8 Å². The van der Waals surface area contributed by atoms with Gasteiger partial charge in [-0.25, -0.2) is 4.98 Å². The zero-order chi connectivity index (χ0) is 27.0. The molecule has 2 aliphatic rings. The number of carbonyl (C=O) groups is 1. The van der Waals surface area contributed by atoms with E-state index in [2.05, 4.69) is 50.7 Å². The molecule has 1 aliphatic carbocycles. The van der Waals surface area contributed by atoms with Crippen LogP contribution in [0.4, 0.5) is 5.69 Å². The SMILES string of the molecule is C[C@H]1CCCN(Cc2cc(C(=O)Nc3cccc(C4(c5nncn5C)CC(CC#N)C4)c3)c3nccn3c2)C1.